The van der Waals surface area contributed by atoms with Gasteiger partial charge in [0.25, 0.3) is 0 Å². The van der Waals surface area contributed by atoms with E-state index in [4.69, 9.17) is 18.6 Å². The molecule has 0 N–H and O–H groups in total. The fourth-order valence-electron chi connectivity index (χ4n) is 5.05. The summed E-state index contributed by atoms with van der Waals surface area (Å²) in [7, 11) is -1.98. The number of fused-ring (bicyclic) bond motifs is 1. The van der Waals surface area contributed by atoms with Gasteiger partial charge in [0.15, 0.2) is 0 Å². The predicted octanol–water partition coefficient (Wildman–Crippen LogP) is 5.42. The highest BCUT2D eigenvalue weighted by atomic mass is 32.2. The van der Waals surface area contributed by atoms with Crippen LogP contribution in [0.15, 0.2) is 35.7 Å². The Hall–Kier alpha value is -3.06. The average molecular weight is 590 g/mol. The van der Waals surface area contributed by atoms with Gasteiger partial charge in [-0.05, 0) is 56.0 Å². The van der Waals surface area contributed by atoms with Crippen molar-refractivity contribution in [3.05, 3.63) is 74.5 Å². The Kier molecular flexibility index (Phi) is 8.14. The maximum atomic E-state index is 14.5. The zero-order valence-corrected chi connectivity index (χ0v) is 24.5. The molecule has 0 spiro atoms. The highest BCUT2D eigenvalue weighted by Gasteiger charge is 2.30. The van der Waals surface area contributed by atoms with Crippen LogP contribution in [-0.2, 0) is 32.8 Å². The topological polar surface area (TPSA) is 98.3 Å². The van der Waals surface area contributed by atoms with Crippen LogP contribution >= 0.6 is 11.3 Å². The number of likely N-dealkylation sites (tertiary alicyclic amines) is 1. The monoisotopic (exact) mass is 589 g/mol. The second kappa shape index (κ2) is 11.4. The first-order valence-corrected chi connectivity index (χ1v) is 15.7. The van der Waals surface area contributed by atoms with Gasteiger partial charge in [0.05, 0.1) is 24.5 Å². The summed E-state index contributed by atoms with van der Waals surface area (Å²) in [5.74, 6) is -0.306. The Morgan fingerprint density at radius 2 is 1.82 bits per heavy atom. The number of carbonyl (C=O) groups excluding carboxylic acids is 1. The number of hydrogen-bond donors (Lipinski definition) is 0. The van der Waals surface area contributed by atoms with Crippen LogP contribution in [0.4, 0.5) is 14.9 Å². The predicted molar refractivity (Wildman–Crippen MR) is 150 cm³/mol. The van der Waals surface area contributed by atoms with Crippen molar-refractivity contribution in [2.24, 2.45) is 0 Å². The number of carbonyl (C=O) groups is 1. The van der Waals surface area contributed by atoms with Gasteiger partial charge < -0.3 is 18.6 Å². The number of halogens is 1. The fraction of sp³-hybridized carbons (Fsp3) is 0.429. The number of aromatic nitrogens is 1. The van der Waals surface area contributed by atoms with Crippen LogP contribution in [0.3, 0.4) is 0 Å². The SMILES string of the molecule is Cc1ccc(C)c(N(C)C(=O)N2CCC(c3nc(C4OCc5c(F)ccc(OS(C)(=O)=O)c5CO4)cs3)CC2)c1. The smallest absolute Gasteiger partial charge is 0.324 e. The summed E-state index contributed by atoms with van der Waals surface area (Å²) >= 11 is 1.51. The van der Waals surface area contributed by atoms with Crippen LogP contribution < -0.4 is 9.08 Å². The molecule has 0 radical (unpaired) electrons. The van der Waals surface area contributed by atoms with Gasteiger partial charge >= 0.3 is 16.1 Å². The van der Waals surface area contributed by atoms with Gasteiger partial charge in [0.2, 0.25) is 6.29 Å². The third kappa shape index (κ3) is 6.14. The molecule has 40 heavy (non-hydrogen) atoms. The molecule has 0 aliphatic carbocycles. The zero-order valence-electron chi connectivity index (χ0n) is 22.8. The van der Waals surface area contributed by atoms with Crippen molar-refractivity contribution in [1.82, 2.24) is 9.88 Å². The molecule has 1 atom stereocenters. The van der Waals surface area contributed by atoms with Crippen LogP contribution in [-0.4, -0.2) is 50.7 Å². The standard InChI is InChI=1S/C28H32FN3O6S2/c1-17-5-6-18(2)24(13-17)31(3)28(33)32-11-9-19(10-12-32)26-30-23(16-39-26)27-36-14-20-21(15-37-27)25(8-7-22(20)29)38-40(4,34)35/h5-8,13,16,19,27H,9-12,14-15H2,1-4H3. The average Bonchev–Trinajstić information content (AvgIpc) is 3.30. The number of aryl methyl sites for hydroxylation is 2. The Bertz CT molecular complexity index is 1520. The summed E-state index contributed by atoms with van der Waals surface area (Å²) in [5, 5.41) is 2.80. The number of benzene rings is 2. The van der Waals surface area contributed by atoms with Gasteiger partial charge in [0, 0.05) is 48.2 Å². The number of thiazole rings is 1. The van der Waals surface area contributed by atoms with Crippen LogP contribution in [0, 0.1) is 19.7 Å². The maximum absolute atomic E-state index is 14.5. The van der Waals surface area contributed by atoms with E-state index in [1.54, 1.807) is 4.90 Å². The minimum Gasteiger partial charge on any atom is -0.382 e. The van der Waals surface area contributed by atoms with E-state index in [9.17, 15) is 17.6 Å². The summed E-state index contributed by atoms with van der Waals surface area (Å²) in [4.78, 5) is 21.6. The molecule has 1 unspecified atom stereocenters. The number of ether oxygens (including phenoxy) is 2. The lowest BCUT2D eigenvalue weighted by atomic mass is 9.98. The second-order valence-electron chi connectivity index (χ2n) is 10.2. The first-order chi connectivity index (χ1) is 19.0. The molecule has 2 aromatic carbocycles. The van der Waals surface area contributed by atoms with Crippen molar-refractivity contribution >= 4 is 33.2 Å². The van der Waals surface area contributed by atoms with E-state index in [-0.39, 0.29) is 36.5 Å². The molecule has 3 aromatic rings. The highest BCUT2D eigenvalue weighted by molar-refractivity contribution is 7.86. The summed E-state index contributed by atoms with van der Waals surface area (Å²) in [5.41, 5.74) is 4.15. The summed E-state index contributed by atoms with van der Waals surface area (Å²) in [6.45, 7) is 5.06. The van der Waals surface area contributed by atoms with E-state index in [1.807, 2.05) is 49.4 Å². The van der Waals surface area contributed by atoms with E-state index in [1.165, 1.54) is 17.4 Å². The van der Waals surface area contributed by atoms with Crippen molar-refractivity contribution in [2.45, 2.75) is 52.1 Å². The molecule has 0 saturated carbocycles. The number of hydrogen-bond acceptors (Lipinski definition) is 8. The molecule has 1 saturated heterocycles. The summed E-state index contributed by atoms with van der Waals surface area (Å²) in [6.07, 6.45) is 1.67. The number of nitrogens with zero attached hydrogens (tertiary/aromatic N) is 3. The van der Waals surface area contributed by atoms with Gasteiger partial charge in [-0.15, -0.1) is 11.3 Å². The zero-order chi connectivity index (χ0) is 28.6. The number of urea groups is 1. The maximum Gasteiger partial charge on any atom is 0.324 e. The van der Waals surface area contributed by atoms with Crippen molar-refractivity contribution in [1.29, 1.82) is 0 Å². The summed E-state index contributed by atoms with van der Waals surface area (Å²) in [6, 6.07) is 8.51. The van der Waals surface area contributed by atoms with Gasteiger partial charge in [-0.2, -0.15) is 8.42 Å². The molecule has 9 nitrogen and oxygen atoms in total. The van der Waals surface area contributed by atoms with Crippen molar-refractivity contribution in [2.75, 3.05) is 31.3 Å². The van der Waals surface area contributed by atoms with Gasteiger partial charge in [-0.25, -0.2) is 14.2 Å². The van der Waals surface area contributed by atoms with Crippen LogP contribution in [0.1, 0.15) is 58.0 Å². The third-order valence-corrected chi connectivity index (χ3v) is 8.75. The van der Waals surface area contributed by atoms with Crippen molar-refractivity contribution in [3.63, 3.8) is 0 Å². The van der Waals surface area contributed by atoms with Crippen molar-refractivity contribution < 1.29 is 31.3 Å². The molecule has 2 amide bonds. The van der Waals surface area contributed by atoms with E-state index in [0.29, 0.717) is 24.3 Å². The third-order valence-electron chi connectivity index (χ3n) is 7.24. The lowest BCUT2D eigenvalue weighted by Crippen LogP contribution is -2.45. The van der Waals surface area contributed by atoms with Gasteiger partial charge in [0.1, 0.15) is 17.3 Å². The molecule has 5 rings (SSSR count). The minimum absolute atomic E-state index is 0.0155. The minimum atomic E-state index is -3.80. The lowest BCUT2D eigenvalue weighted by Gasteiger charge is -2.34. The van der Waals surface area contributed by atoms with E-state index < -0.39 is 22.2 Å². The largest absolute Gasteiger partial charge is 0.382 e. The lowest BCUT2D eigenvalue weighted by molar-refractivity contribution is -0.155. The molecular formula is C28H32FN3O6S2. The van der Waals surface area contributed by atoms with Crippen molar-refractivity contribution in [3.8, 4) is 5.75 Å². The van der Waals surface area contributed by atoms with E-state index in [0.717, 1.165) is 47.0 Å². The Morgan fingerprint density at radius 3 is 2.52 bits per heavy atom. The first-order valence-electron chi connectivity index (χ1n) is 13.0. The second-order valence-corrected chi connectivity index (χ2v) is 12.7. The molecule has 2 aliphatic heterocycles. The quantitative estimate of drug-likeness (QED) is 0.367. The first kappa shape index (κ1) is 28.5. The van der Waals surface area contributed by atoms with Crippen LogP contribution in [0.25, 0.3) is 0 Å². The summed E-state index contributed by atoms with van der Waals surface area (Å²) < 4.78 is 54.6. The number of rotatable bonds is 5. The molecule has 1 fully saturated rings. The molecule has 1 aromatic heterocycles. The normalized spacial score (nSPS) is 18.2. The Morgan fingerprint density at radius 1 is 1.12 bits per heavy atom. The van der Waals surface area contributed by atoms with Gasteiger partial charge in [-0.1, -0.05) is 12.1 Å². The highest BCUT2D eigenvalue weighted by Crippen LogP contribution is 2.37. The number of piperidine rings is 1. The van der Waals surface area contributed by atoms with Gasteiger partial charge in [-0.3, -0.25) is 4.90 Å². The molecule has 214 valence electrons. The van der Waals surface area contributed by atoms with E-state index >= 15 is 0 Å². The Labute approximate surface area is 237 Å². The molecule has 0 bridgehead atoms. The van der Waals surface area contributed by atoms with Crippen LogP contribution in [0.5, 0.6) is 5.75 Å². The molecular weight excluding hydrogens is 557 g/mol. The molecule has 12 heteroatoms. The molecule has 2 aliphatic rings. The number of amides is 2. The van der Waals surface area contributed by atoms with E-state index in [2.05, 4.69) is 0 Å². The number of anilines is 1. The fourth-order valence-corrected chi connectivity index (χ4v) is 6.52. The van der Waals surface area contributed by atoms with Crippen LogP contribution in [0.2, 0.25) is 0 Å². The Balaban J connectivity index is 1.22. The molecule has 3 heterocycles.